The molecule has 162 valence electrons. The Balaban J connectivity index is 1.63. The summed E-state index contributed by atoms with van der Waals surface area (Å²) in [4.78, 5) is 38.2. The van der Waals surface area contributed by atoms with E-state index in [1.54, 1.807) is 29.2 Å². The normalized spacial score (nSPS) is 14.2. The molecule has 9 nitrogen and oxygen atoms in total. The molecule has 10 heteroatoms. The molecule has 0 bridgehead atoms. The van der Waals surface area contributed by atoms with Crippen LogP contribution in [0.25, 0.3) is 11.0 Å². The summed E-state index contributed by atoms with van der Waals surface area (Å²) in [6.45, 7) is 1.48. The van der Waals surface area contributed by atoms with Gasteiger partial charge in [0.1, 0.15) is 0 Å². The quantitative estimate of drug-likeness (QED) is 0.612. The smallest absolute Gasteiger partial charge is 0.316 e. The average Bonchev–Trinajstić information content (AvgIpc) is 3.30. The topological polar surface area (TPSA) is 110 Å². The predicted molar refractivity (Wildman–Crippen MR) is 117 cm³/mol. The second-order valence-electron chi connectivity index (χ2n) is 7.56. The highest BCUT2D eigenvalue weighted by atomic mass is 32.2. The van der Waals surface area contributed by atoms with Gasteiger partial charge in [0.25, 0.3) is 15.9 Å². The van der Waals surface area contributed by atoms with Gasteiger partial charge in [0, 0.05) is 38.4 Å². The zero-order chi connectivity index (χ0) is 22.3. The molecule has 1 aliphatic rings. The maximum atomic E-state index is 12.9. The summed E-state index contributed by atoms with van der Waals surface area (Å²) in [6, 6.07) is 10.5. The number of sulfonamides is 1. The Bertz CT molecular complexity index is 1400. The van der Waals surface area contributed by atoms with Gasteiger partial charge < -0.3 is 14.0 Å². The molecule has 0 unspecified atom stereocenters. The lowest BCUT2D eigenvalue weighted by molar-refractivity contribution is 0.0793. The number of benzene rings is 2. The van der Waals surface area contributed by atoms with E-state index in [4.69, 9.17) is 0 Å². The fourth-order valence-corrected chi connectivity index (χ4v) is 4.80. The number of amides is 1. The SMILES string of the molecule is Cn1c(=O)c(=O)n(C)c2cc(S(=O)(=O)Nc3ccc(C(=O)N4CCCC4)cc3)ccc21. The Morgan fingerprint density at radius 1 is 0.871 bits per heavy atom. The van der Waals surface area contributed by atoms with Gasteiger partial charge in [-0.3, -0.25) is 19.1 Å². The van der Waals surface area contributed by atoms with Crippen molar-refractivity contribution in [3.8, 4) is 0 Å². The molecule has 1 aromatic heterocycles. The molecule has 2 aromatic carbocycles. The maximum absolute atomic E-state index is 12.9. The Labute approximate surface area is 178 Å². The lowest BCUT2D eigenvalue weighted by atomic mass is 10.2. The number of carbonyl (C=O) groups is 1. The van der Waals surface area contributed by atoms with E-state index in [-0.39, 0.29) is 10.8 Å². The Hall–Kier alpha value is -3.40. The molecule has 0 spiro atoms. The number of aryl methyl sites for hydroxylation is 2. The fraction of sp³-hybridized carbons (Fsp3) is 0.286. The van der Waals surface area contributed by atoms with E-state index in [0.717, 1.165) is 30.5 Å². The molecule has 4 rings (SSSR count). The monoisotopic (exact) mass is 442 g/mol. The molecule has 3 aromatic rings. The van der Waals surface area contributed by atoms with E-state index < -0.39 is 21.1 Å². The Kier molecular flexibility index (Phi) is 5.18. The van der Waals surface area contributed by atoms with Crippen LogP contribution in [0.15, 0.2) is 56.9 Å². The molecular weight excluding hydrogens is 420 g/mol. The summed E-state index contributed by atoms with van der Waals surface area (Å²) >= 11 is 0. The summed E-state index contributed by atoms with van der Waals surface area (Å²) in [5.74, 6) is -0.0621. The lowest BCUT2D eigenvalue weighted by Gasteiger charge is -2.15. The summed E-state index contributed by atoms with van der Waals surface area (Å²) in [7, 11) is -1.07. The third-order valence-electron chi connectivity index (χ3n) is 5.55. The van der Waals surface area contributed by atoms with Crippen LogP contribution < -0.4 is 15.8 Å². The highest BCUT2D eigenvalue weighted by Crippen LogP contribution is 2.21. The number of rotatable bonds is 4. The van der Waals surface area contributed by atoms with Gasteiger partial charge in [-0.2, -0.15) is 0 Å². The number of fused-ring (bicyclic) bond motifs is 1. The van der Waals surface area contributed by atoms with Gasteiger partial charge >= 0.3 is 11.1 Å². The molecular formula is C21H22N4O5S. The van der Waals surface area contributed by atoms with E-state index in [9.17, 15) is 22.8 Å². The molecule has 0 aliphatic carbocycles. The predicted octanol–water partition coefficient (Wildman–Crippen LogP) is 1.27. The van der Waals surface area contributed by atoms with Crippen LogP contribution in [0.5, 0.6) is 0 Å². The second-order valence-corrected chi connectivity index (χ2v) is 9.24. The van der Waals surface area contributed by atoms with Crippen LogP contribution >= 0.6 is 0 Å². The van der Waals surface area contributed by atoms with Crippen LogP contribution in [-0.4, -0.2) is 41.4 Å². The summed E-state index contributed by atoms with van der Waals surface area (Å²) in [5, 5.41) is 0. The minimum Gasteiger partial charge on any atom is -0.339 e. The molecule has 1 N–H and O–H groups in total. The highest BCUT2D eigenvalue weighted by Gasteiger charge is 2.20. The molecule has 2 heterocycles. The van der Waals surface area contributed by atoms with Gasteiger partial charge in [0.05, 0.1) is 15.9 Å². The molecule has 1 amide bonds. The first-order chi connectivity index (χ1) is 14.7. The summed E-state index contributed by atoms with van der Waals surface area (Å²) in [6.07, 6.45) is 1.99. The number of anilines is 1. The average molecular weight is 442 g/mol. The van der Waals surface area contributed by atoms with Gasteiger partial charge in [0.2, 0.25) is 0 Å². The third kappa shape index (κ3) is 3.74. The molecule has 0 atom stereocenters. The van der Waals surface area contributed by atoms with Gasteiger partial charge in [-0.05, 0) is 55.3 Å². The van der Waals surface area contributed by atoms with Crippen LogP contribution in [0.1, 0.15) is 23.2 Å². The number of nitrogens with zero attached hydrogens (tertiary/aromatic N) is 3. The van der Waals surface area contributed by atoms with Crippen molar-refractivity contribution < 1.29 is 13.2 Å². The zero-order valence-electron chi connectivity index (χ0n) is 17.2. The Morgan fingerprint density at radius 2 is 1.45 bits per heavy atom. The first kappa shape index (κ1) is 20.9. The number of hydrogen-bond acceptors (Lipinski definition) is 5. The van der Waals surface area contributed by atoms with Crippen molar-refractivity contribution in [2.75, 3.05) is 17.8 Å². The van der Waals surface area contributed by atoms with Crippen molar-refractivity contribution in [1.82, 2.24) is 14.0 Å². The van der Waals surface area contributed by atoms with Crippen LogP contribution in [0.4, 0.5) is 5.69 Å². The number of aromatic nitrogens is 2. The number of carbonyl (C=O) groups excluding carboxylic acids is 1. The first-order valence-corrected chi connectivity index (χ1v) is 11.3. The minimum absolute atomic E-state index is 0.0501. The highest BCUT2D eigenvalue weighted by molar-refractivity contribution is 7.92. The zero-order valence-corrected chi connectivity index (χ0v) is 18.0. The number of likely N-dealkylation sites (tertiary alicyclic amines) is 1. The Morgan fingerprint density at radius 3 is 2.06 bits per heavy atom. The van der Waals surface area contributed by atoms with E-state index in [1.807, 2.05) is 0 Å². The van der Waals surface area contributed by atoms with E-state index >= 15 is 0 Å². The number of hydrogen-bond donors (Lipinski definition) is 1. The molecule has 0 saturated carbocycles. The van der Waals surface area contributed by atoms with E-state index in [2.05, 4.69) is 4.72 Å². The second kappa shape index (κ2) is 7.69. The van der Waals surface area contributed by atoms with Gasteiger partial charge in [-0.1, -0.05) is 0 Å². The molecule has 1 fully saturated rings. The van der Waals surface area contributed by atoms with Crippen molar-refractivity contribution in [2.24, 2.45) is 14.1 Å². The molecule has 1 saturated heterocycles. The fourth-order valence-electron chi connectivity index (χ4n) is 3.73. The van der Waals surface area contributed by atoms with Crippen molar-refractivity contribution in [3.05, 3.63) is 68.7 Å². The van der Waals surface area contributed by atoms with Crippen molar-refractivity contribution in [3.63, 3.8) is 0 Å². The van der Waals surface area contributed by atoms with Crippen molar-refractivity contribution >= 4 is 32.7 Å². The van der Waals surface area contributed by atoms with Crippen molar-refractivity contribution in [1.29, 1.82) is 0 Å². The van der Waals surface area contributed by atoms with Crippen LogP contribution in [0.3, 0.4) is 0 Å². The largest absolute Gasteiger partial charge is 0.339 e. The number of nitrogens with one attached hydrogen (secondary N) is 1. The van der Waals surface area contributed by atoms with Crippen molar-refractivity contribution in [2.45, 2.75) is 17.7 Å². The maximum Gasteiger partial charge on any atom is 0.316 e. The molecule has 0 radical (unpaired) electrons. The van der Waals surface area contributed by atoms with Gasteiger partial charge in [-0.15, -0.1) is 0 Å². The molecule has 31 heavy (non-hydrogen) atoms. The summed E-state index contributed by atoms with van der Waals surface area (Å²) < 4.78 is 30.6. The standard InChI is InChI=1S/C21H22N4O5S/c1-23-17-10-9-16(13-18(17)24(2)21(28)20(23)27)31(29,30)22-15-7-5-14(6-8-15)19(26)25-11-3-4-12-25/h5-10,13,22H,3-4,11-12H2,1-2H3. The van der Waals surface area contributed by atoms with E-state index in [0.29, 0.717) is 22.3 Å². The van der Waals surface area contributed by atoms with E-state index in [1.165, 1.54) is 36.9 Å². The lowest BCUT2D eigenvalue weighted by Crippen LogP contribution is -2.39. The van der Waals surface area contributed by atoms with Gasteiger partial charge in [0.15, 0.2) is 0 Å². The third-order valence-corrected chi connectivity index (χ3v) is 6.93. The summed E-state index contributed by atoms with van der Waals surface area (Å²) in [5.41, 5.74) is 0.152. The first-order valence-electron chi connectivity index (χ1n) is 9.81. The van der Waals surface area contributed by atoms with Crippen LogP contribution in [0.2, 0.25) is 0 Å². The van der Waals surface area contributed by atoms with Gasteiger partial charge in [-0.25, -0.2) is 8.42 Å². The molecule has 1 aliphatic heterocycles. The van der Waals surface area contributed by atoms with Crippen LogP contribution in [0, 0.1) is 0 Å². The van der Waals surface area contributed by atoms with Crippen LogP contribution in [-0.2, 0) is 24.1 Å². The minimum atomic E-state index is -3.95.